The average Bonchev–Trinajstić information content (AvgIpc) is 1.52. The van der Waals surface area contributed by atoms with Crippen molar-refractivity contribution in [2.24, 2.45) is 35.5 Å². The Morgan fingerprint density at radius 2 is 0.978 bits per heavy atom. The van der Waals surface area contributed by atoms with Gasteiger partial charge in [-0.25, -0.2) is 0 Å². The molecule has 18 rings (SSSR count). The van der Waals surface area contributed by atoms with Crippen LogP contribution in [0.4, 0.5) is 0 Å². The topological polar surface area (TPSA) is 409 Å². The maximum atomic E-state index is 12.2. The number of fused-ring (bicyclic) bond motifs is 6. The van der Waals surface area contributed by atoms with Gasteiger partial charge in [0.05, 0.1) is 42.2 Å². The lowest BCUT2D eigenvalue weighted by atomic mass is 9.73. The van der Waals surface area contributed by atoms with Crippen LogP contribution in [0.15, 0.2) is 0 Å². The molecule has 36 heteroatoms. The number of aliphatic hydroxyl groups is 2. The number of carbonyl (C=O) groups excluding carboxylic acids is 2. The third kappa shape index (κ3) is 9.15. The number of ether oxygens (including phenoxy) is 8. The van der Waals surface area contributed by atoms with Crippen molar-refractivity contribution in [1.29, 1.82) is 0 Å². The van der Waals surface area contributed by atoms with Gasteiger partial charge < -0.3 is 48.1 Å². The summed E-state index contributed by atoms with van der Waals surface area (Å²) in [5.41, 5.74) is -6.53. The highest BCUT2D eigenvalue weighted by molar-refractivity contribution is 7.89. The summed E-state index contributed by atoms with van der Waals surface area (Å²) in [6, 6.07) is 0. The molecule has 0 spiro atoms. The van der Waals surface area contributed by atoms with Crippen LogP contribution in [0.25, 0.3) is 0 Å². The van der Waals surface area contributed by atoms with Gasteiger partial charge in [0.25, 0.3) is 60.7 Å². The van der Waals surface area contributed by atoms with Crippen molar-refractivity contribution >= 4 is 72.6 Å². The molecule has 0 aromatic heterocycles. The Morgan fingerprint density at radius 1 is 0.440 bits per heavy atom. The van der Waals surface area contributed by atoms with E-state index in [1.165, 1.54) is 13.8 Å². The van der Waals surface area contributed by atoms with E-state index < -0.39 is 162 Å². The van der Waals surface area contributed by atoms with Crippen molar-refractivity contribution in [3.05, 3.63) is 0 Å². The van der Waals surface area contributed by atoms with E-state index in [-0.39, 0.29) is 122 Å². The monoisotopic (exact) mass is 1410 g/mol. The maximum absolute atomic E-state index is 12.2. The van der Waals surface area contributed by atoms with Gasteiger partial charge in [-0.05, 0) is 60.3 Å². The van der Waals surface area contributed by atoms with Gasteiger partial charge in [-0.15, -0.1) is 0 Å². The minimum atomic E-state index is -3.80. The number of rotatable bonds is 6. The molecule has 518 valence electrons. The van der Waals surface area contributed by atoms with E-state index in [4.69, 9.17) is 63.0 Å². The first-order chi connectivity index (χ1) is 41.7. The fourth-order valence-corrected chi connectivity index (χ4v) is 30.8. The zero-order valence-electron chi connectivity index (χ0n) is 52.5. The summed E-state index contributed by atoms with van der Waals surface area (Å²) in [6.07, 6.45) is 0.301. The van der Waals surface area contributed by atoms with E-state index >= 15 is 0 Å². The number of esters is 2. The standard InChI is InChI=1S/C13H18O8S.C9H14O6S.C9H14O4S.3C8H12O4S/c1-7-11-13(6-19-9(3)15)10(22(16,17)20-11)4-12(7,21-13)5-18-8(2)14;1-5-7-9(4-11)6(16(12,13)14-7)2-8(5,3-10)15-9;1-5-7-9(3)6(14(10,11)12-7)4-8(5,2)13-9;1-4-6-7-5(13(9,10)12-6)3-8(4,2)11-7;1-4-5-3-6-7(11-5)8(4,2)12-13(6,9)10;1-4-5-3-6-8(2,11-5)7(4)12-13(6,9)10/h7,10-11H,4-6H2,1-3H3;5-7,10-11H,2-4H2,1H3;5-7H,4H2,1-3H3;3*4-7H,3H2,1-2H3. The molecule has 30 unspecified atom stereocenters. The predicted octanol–water partition coefficient (Wildman–Crippen LogP) is -0.113. The highest BCUT2D eigenvalue weighted by Gasteiger charge is 2.82. The van der Waals surface area contributed by atoms with Gasteiger partial charge in [0, 0.05) is 62.2 Å². The van der Waals surface area contributed by atoms with E-state index in [0.717, 1.165) is 0 Å². The lowest BCUT2D eigenvalue weighted by molar-refractivity contribution is -0.161. The third-order valence-corrected chi connectivity index (χ3v) is 35.3. The van der Waals surface area contributed by atoms with Gasteiger partial charge in [0.2, 0.25) is 0 Å². The van der Waals surface area contributed by atoms with Crippen LogP contribution in [0, 0.1) is 35.5 Å². The van der Waals surface area contributed by atoms with Crippen molar-refractivity contribution in [2.45, 2.75) is 265 Å². The summed E-state index contributed by atoms with van der Waals surface area (Å²) >= 11 is 0. The summed E-state index contributed by atoms with van der Waals surface area (Å²) < 4.78 is 216. The van der Waals surface area contributed by atoms with Crippen molar-refractivity contribution in [3.63, 3.8) is 0 Å². The summed E-state index contributed by atoms with van der Waals surface area (Å²) in [5.74, 6) is -0.803. The second-order valence-corrected chi connectivity index (χ2v) is 40.1. The fraction of sp³-hybridized carbons (Fsp3) is 0.964. The van der Waals surface area contributed by atoms with Gasteiger partial charge in [-0.2, -0.15) is 50.5 Å². The minimum absolute atomic E-state index is 0.0444. The lowest BCUT2D eigenvalue weighted by Crippen LogP contribution is -2.51. The van der Waals surface area contributed by atoms with E-state index in [0.29, 0.717) is 25.7 Å². The Balaban J connectivity index is 0.000000101. The van der Waals surface area contributed by atoms with Crippen molar-refractivity contribution in [3.8, 4) is 0 Å². The molecule has 12 bridgehead atoms. The van der Waals surface area contributed by atoms with Gasteiger partial charge in [0.15, 0.2) is 0 Å². The maximum Gasteiger partial charge on any atom is 0.302 e. The normalized spacial score (nSPS) is 56.9. The number of carbonyl (C=O) groups is 2. The second kappa shape index (κ2) is 20.4. The lowest BCUT2D eigenvalue weighted by Gasteiger charge is -2.31. The molecule has 18 heterocycles. The van der Waals surface area contributed by atoms with Crippen LogP contribution in [0.5, 0.6) is 0 Å². The average molecular weight is 1420 g/mol. The minimum Gasteiger partial charge on any atom is -0.463 e. The van der Waals surface area contributed by atoms with Crippen LogP contribution in [0.2, 0.25) is 0 Å². The van der Waals surface area contributed by atoms with E-state index in [1.54, 1.807) is 13.8 Å². The molecule has 18 aliphatic heterocycles. The molecule has 30 atom stereocenters. The smallest absolute Gasteiger partial charge is 0.302 e. The molecule has 0 amide bonds. The zero-order valence-corrected chi connectivity index (χ0v) is 57.4. The molecule has 0 saturated carbocycles. The van der Waals surface area contributed by atoms with Crippen LogP contribution < -0.4 is 0 Å². The first kappa shape index (κ1) is 67.6. The highest BCUT2D eigenvalue weighted by atomic mass is 32.2. The summed E-state index contributed by atoms with van der Waals surface area (Å²) in [6.45, 7) is 22.8. The van der Waals surface area contributed by atoms with E-state index in [1.807, 2.05) is 62.3 Å². The predicted molar refractivity (Wildman–Crippen MR) is 306 cm³/mol. The van der Waals surface area contributed by atoms with Crippen LogP contribution in [-0.2, 0) is 133 Å². The Labute approximate surface area is 530 Å². The molecule has 30 nitrogen and oxygen atoms in total. The summed E-state index contributed by atoms with van der Waals surface area (Å²) in [5, 5.41) is 15.4. The molecule has 91 heavy (non-hydrogen) atoms. The Bertz CT molecular complexity index is 3780. The molecular weight excluding hydrogens is 1330 g/mol. The number of hydrogen-bond acceptors (Lipinski definition) is 30. The van der Waals surface area contributed by atoms with Crippen molar-refractivity contribution in [1.82, 2.24) is 0 Å². The SMILES string of the molecule is CC(=O)OCC12CC3C(COC(C)=O)(O1)C(OS3(=O)=O)C2C.CC1C2CC3C(C)(O2)C1OS3(=O)=O.CC1C2CC3C(O2)C1(C)OS3(=O)=O.CC1C2OS(=O)(=O)C3CC1(C)OC23.CC1C2OS(=O)(=O)C3CC1(C)OC23C.CC1C2OS(=O)(=O)C3CC1(CO)OC23CO. The summed E-state index contributed by atoms with van der Waals surface area (Å²) in [4.78, 5) is 22.2. The van der Waals surface area contributed by atoms with Gasteiger partial charge in [-0.1, -0.05) is 41.5 Å². The van der Waals surface area contributed by atoms with Crippen molar-refractivity contribution < 1.29 is 133 Å². The zero-order chi connectivity index (χ0) is 66.7. The summed E-state index contributed by atoms with van der Waals surface area (Å²) in [7, 11) is -20.9. The second-order valence-electron chi connectivity index (χ2n) is 29.5. The number of hydrogen-bond donors (Lipinski definition) is 2. The van der Waals surface area contributed by atoms with Crippen LogP contribution in [0.3, 0.4) is 0 Å². The van der Waals surface area contributed by atoms with Crippen LogP contribution >= 0.6 is 0 Å². The van der Waals surface area contributed by atoms with Crippen LogP contribution in [0.1, 0.15) is 129 Å². The Hall–Kier alpha value is -1.92. The third-order valence-electron chi connectivity index (χ3n) is 24.7. The molecular formula is C55H82O30S6. The Morgan fingerprint density at radius 3 is 1.49 bits per heavy atom. The largest absolute Gasteiger partial charge is 0.463 e. The molecule has 0 aliphatic carbocycles. The molecule has 0 aromatic carbocycles. The molecule has 18 fully saturated rings. The number of aliphatic hydroxyl groups excluding tert-OH is 2. The first-order valence-electron chi connectivity index (χ1n) is 30.8. The fourth-order valence-electron chi connectivity index (χ4n) is 19.1. The van der Waals surface area contributed by atoms with E-state index in [2.05, 4.69) is 0 Å². The highest BCUT2D eigenvalue weighted by Crippen LogP contribution is 2.65. The molecule has 2 N–H and O–H groups in total. The van der Waals surface area contributed by atoms with Gasteiger partial charge >= 0.3 is 11.9 Å². The van der Waals surface area contributed by atoms with E-state index in [9.17, 15) is 70.3 Å². The van der Waals surface area contributed by atoms with Crippen molar-refractivity contribution in [2.75, 3.05) is 26.4 Å². The van der Waals surface area contributed by atoms with Gasteiger partial charge in [-0.3, -0.25) is 34.7 Å². The molecule has 18 saturated heterocycles. The quantitative estimate of drug-likeness (QED) is 0.259. The molecule has 0 aromatic rings. The molecule has 0 radical (unpaired) electrons. The van der Waals surface area contributed by atoms with Gasteiger partial charge in [0.1, 0.15) is 121 Å². The Kier molecular flexibility index (Phi) is 15.1. The molecule has 18 aliphatic rings. The first-order valence-corrected chi connectivity index (χ1v) is 39.7. The van der Waals surface area contributed by atoms with Crippen LogP contribution in [-0.4, -0.2) is 236 Å².